The van der Waals surface area contributed by atoms with E-state index in [9.17, 15) is 0 Å². The Morgan fingerprint density at radius 2 is 1.66 bits per heavy atom. The average Bonchev–Trinajstić information content (AvgIpc) is 2.71. The first kappa shape index (κ1) is 23.6. The fraction of sp³-hybridized carbons (Fsp3) is 0.520. The van der Waals surface area contributed by atoms with Crippen LogP contribution in [0.15, 0.2) is 36.4 Å². The molecule has 3 nitrogen and oxygen atoms in total. The Labute approximate surface area is 181 Å². The van der Waals surface area contributed by atoms with Gasteiger partial charge in [0, 0.05) is 17.6 Å². The van der Waals surface area contributed by atoms with Crippen LogP contribution in [0, 0.1) is 6.92 Å². The number of aryl methyl sites for hydroxylation is 1. The quantitative estimate of drug-likeness (QED) is 0.333. The summed E-state index contributed by atoms with van der Waals surface area (Å²) >= 11 is 6.53. The van der Waals surface area contributed by atoms with Crippen molar-refractivity contribution in [2.45, 2.75) is 72.4 Å². The van der Waals surface area contributed by atoms with Crippen molar-refractivity contribution in [3.05, 3.63) is 58.1 Å². The highest BCUT2D eigenvalue weighted by Crippen LogP contribution is 2.34. The van der Waals surface area contributed by atoms with Crippen LogP contribution in [0.2, 0.25) is 5.02 Å². The van der Waals surface area contributed by atoms with Gasteiger partial charge in [0.25, 0.3) is 0 Å². The first-order valence-corrected chi connectivity index (χ1v) is 11.4. The lowest BCUT2D eigenvalue weighted by molar-refractivity contribution is 0.269. The monoisotopic (exact) mass is 417 g/mol. The molecule has 0 atom stereocenters. The predicted molar refractivity (Wildman–Crippen MR) is 123 cm³/mol. The van der Waals surface area contributed by atoms with E-state index in [4.69, 9.17) is 21.1 Å². The second-order valence-corrected chi connectivity index (χ2v) is 7.95. The molecule has 0 saturated carbocycles. The Bertz CT molecular complexity index is 733. The van der Waals surface area contributed by atoms with E-state index >= 15 is 0 Å². The van der Waals surface area contributed by atoms with Crippen molar-refractivity contribution in [3.8, 4) is 11.5 Å². The molecule has 2 aromatic rings. The molecule has 0 fully saturated rings. The highest BCUT2D eigenvalue weighted by molar-refractivity contribution is 6.31. The van der Waals surface area contributed by atoms with Crippen molar-refractivity contribution in [2.24, 2.45) is 0 Å². The van der Waals surface area contributed by atoms with E-state index in [2.05, 4.69) is 37.4 Å². The molecule has 2 rings (SSSR count). The van der Waals surface area contributed by atoms with Crippen molar-refractivity contribution in [1.82, 2.24) is 5.32 Å². The summed E-state index contributed by atoms with van der Waals surface area (Å²) in [7, 11) is 0. The fourth-order valence-corrected chi connectivity index (χ4v) is 3.53. The summed E-state index contributed by atoms with van der Waals surface area (Å²) in [6.07, 6.45) is 7.82. The van der Waals surface area contributed by atoms with Crippen LogP contribution in [-0.2, 0) is 13.2 Å². The van der Waals surface area contributed by atoms with Gasteiger partial charge in [0.2, 0.25) is 0 Å². The van der Waals surface area contributed by atoms with Crippen LogP contribution in [0.3, 0.4) is 0 Å². The Morgan fingerprint density at radius 1 is 0.897 bits per heavy atom. The lowest BCUT2D eigenvalue weighted by Gasteiger charge is -2.15. The maximum Gasteiger partial charge on any atom is 0.163 e. The number of rotatable bonds is 14. The highest BCUT2D eigenvalue weighted by Gasteiger charge is 2.11. The second-order valence-electron chi connectivity index (χ2n) is 7.55. The van der Waals surface area contributed by atoms with Gasteiger partial charge in [-0.3, -0.25) is 0 Å². The first-order valence-electron chi connectivity index (χ1n) is 11.0. The molecule has 0 amide bonds. The van der Waals surface area contributed by atoms with Crippen LogP contribution >= 0.6 is 11.6 Å². The minimum atomic E-state index is 0.494. The van der Waals surface area contributed by atoms with Crippen molar-refractivity contribution in [1.29, 1.82) is 0 Å². The fourth-order valence-electron chi connectivity index (χ4n) is 3.31. The second kappa shape index (κ2) is 13.5. The van der Waals surface area contributed by atoms with Crippen LogP contribution in [0.4, 0.5) is 0 Å². The third-order valence-corrected chi connectivity index (χ3v) is 5.26. The van der Waals surface area contributed by atoms with E-state index in [0.29, 0.717) is 24.0 Å². The molecule has 0 aliphatic carbocycles. The molecular weight excluding hydrogens is 382 g/mol. The number of benzene rings is 2. The molecular formula is C25H36ClNO2. The highest BCUT2D eigenvalue weighted by atomic mass is 35.5. The number of ether oxygens (including phenoxy) is 2. The molecule has 0 aliphatic heterocycles. The molecule has 2 aromatic carbocycles. The van der Waals surface area contributed by atoms with Crippen LogP contribution < -0.4 is 14.8 Å². The van der Waals surface area contributed by atoms with Gasteiger partial charge in [0.15, 0.2) is 11.5 Å². The van der Waals surface area contributed by atoms with E-state index in [0.717, 1.165) is 30.0 Å². The molecule has 160 valence electrons. The molecule has 4 heteroatoms. The van der Waals surface area contributed by atoms with E-state index < -0.39 is 0 Å². The molecule has 0 aliphatic rings. The van der Waals surface area contributed by atoms with Crippen LogP contribution in [0.5, 0.6) is 11.5 Å². The van der Waals surface area contributed by atoms with E-state index in [1.807, 2.05) is 25.1 Å². The summed E-state index contributed by atoms with van der Waals surface area (Å²) in [6.45, 7) is 9.15. The molecule has 0 unspecified atom stereocenters. The number of hydrogen-bond acceptors (Lipinski definition) is 3. The number of halogens is 1. The molecule has 29 heavy (non-hydrogen) atoms. The minimum Gasteiger partial charge on any atom is -0.490 e. The van der Waals surface area contributed by atoms with Crippen molar-refractivity contribution in [3.63, 3.8) is 0 Å². The molecule has 0 aromatic heterocycles. The van der Waals surface area contributed by atoms with Gasteiger partial charge >= 0.3 is 0 Å². The van der Waals surface area contributed by atoms with E-state index in [1.54, 1.807) is 0 Å². The van der Waals surface area contributed by atoms with Gasteiger partial charge in [-0.05, 0) is 44.0 Å². The van der Waals surface area contributed by atoms with Gasteiger partial charge in [-0.25, -0.2) is 0 Å². The molecule has 1 N–H and O–H groups in total. The average molecular weight is 418 g/mol. The van der Waals surface area contributed by atoms with Crippen LogP contribution in [0.25, 0.3) is 0 Å². The number of nitrogens with one attached hydrogen (secondary N) is 1. The first-order chi connectivity index (χ1) is 14.1. The maximum atomic E-state index is 6.53. The number of unbranched alkanes of at least 4 members (excludes halogenated alkanes) is 5. The van der Waals surface area contributed by atoms with Gasteiger partial charge in [-0.15, -0.1) is 0 Å². The van der Waals surface area contributed by atoms with Crippen molar-refractivity contribution in [2.75, 3.05) is 13.2 Å². The summed E-state index contributed by atoms with van der Waals surface area (Å²) in [5.41, 5.74) is 3.40. The van der Waals surface area contributed by atoms with Crippen molar-refractivity contribution >= 4 is 11.6 Å². The minimum absolute atomic E-state index is 0.494. The Kier molecular flexibility index (Phi) is 11.0. The third kappa shape index (κ3) is 8.67. The summed E-state index contributed by atoms with van der Waals surface area (Å²) < 4.78 is 11.8. The number of hydrogen-bond donors (Lipinski definition) is 1. The Balaban J connectivity index is 1.89. The molecule has 0 heterocycles. The maximum absolute atomic E-state index is 6.53. The zero-order chi connectivity index (χ0) is 20.9. The topological polar surface area (TPSA) is 30.5 Å². The molecule has 0 radical (unpaired) electrons. The Hall–Kier alpha value is -1.71. The lowest BCUT2D eigenvalue weighted by Crippen LogP contribution is -2.15. The van der Waals surface area contributed by atoms with Gasteiger partial charge < -0.3 is 14.8 Å². The van der Waals surface area contributed by atoms with Gasteiger partial charge in [-0.2, -0.15) is 0 Å². The standard InChI is InChI=1S/C25H36ClNO2/c1-4-6-7-8-9-10-14-27-18-22-16-24(28-5-2)25(17-23(22)26)29-19-21-13-11-12-20(3)15-21/h11-13,15-17,27H,4-10,14,18-19H2,1-3H3. The smallest absolute Gasteiger partial charge is 0.163 e. The zero-order valence-electron chi connectivity index (χ0n) is 18.2. The van der Waals surface area contributed by atoms with Gasteiger partial charge in [0.1, 0.15) is 6.61 Å². The molecule has 0 saturated heterocycles. The third-order valence-electron chi connectivity index (χ3n) is 4.91. The van der Waals surface area contributed by atoms with E-state index in [-0.39, 0.29) is 0 Å². The normalized spacial score (nSPS) is 10.9. The molecule has 0 spiro atoms. The summed E-state index contributed by atoms with van der Waals surface area (Å²) in [4.78, 5) is 0. The predicted octanol–water partition coefficient (Wildman–Crippen LogP) is 7.08. The summed E-state index contributed by atoms with van der Waals surface area (Å²) in [5, 5.41) is 4.22. The van der Waals surface area contributed by atoms with Crippen LogP contribution in [-0.4, -0.2) is 13.2 Å². The lowest BCUT2D eigenvalue weighted by atomic mass is 10.1. The summed E-state index contributed by atoms with van der Waals surface area (Å²) in [5.74, 6) is 1.44. The van der Waals surface area contributed by atoms with Crippen molar-refractivity contribution < 1.29 is 9.47 Å². The summed E-state index contributed by atoms with van der Waals surface area (Å²) in [6, 6.07) is 12.2. The van der Waals surface area contributed by atoms with Gasteiger partial charge in [0.05, 0.1) is 6.61 Å². The zero-order valence-corrected chi connectivity index (χ0v) is 19.0. The van der Waals surface area contributed by atoms with Crippen LogP contribution in [0.1, 0.15) is 69.1 Å². The SMILES string of the molecule is CCCCCCCCNCc1cc(OCC)c(OCc2cccc(C)c2)cc1Cl. The Morgan fingerprint density at radius 3 is 2.41 bits per heavy atom. The molecule has 0 bridgehead atoms. The van der Waals surface area contributed by atoms with E-state index in [1.165, 1.54) is 44.1 Å². The van der Waals surface area contributed by atoms with Gasteiger partial charge in [-0.1, -0.05) is 80.5 Å². The largest absolute Gasteiger partial charge is 0.490 e.